The highest BCUT2D eigenvalue weighted by Gasteiger charge is 2.48. The zero-order valence-electron chi connectivity index (χ0n) is 20.6. The van der Waals surface area contributed by atoms with Gasteiger partial charge in [0.2, 0.25) is 0 Å². The Hall–Kier alpha value is -4.31. The highest BCUT2D eigenvalue weighted by Crippen LogP contribution is 2.44. The topological polar surface area (TPSA) is 106 Å². The van der Waals surface area contributed by atoms with Crippen molar-refractivity contribution in [2.75, 3.05) is 11.5 Å². The Balaban J connectivity index is 1.64. The van der Waals surface area contributed by atoms with E-state index in [1.807, 2.05) is 6.92 Å². The lowest BCUT2D eigenvalue weighted by atomic mass is 9.94. The number of carbonyl (C=O) groups is 3. The molecule has 10 heteroatoms. The van der Waals surface area contributed by atoms with Gasteiger partial charge in [0.1, 0.15) is 34.9 Å². The van der Waals surface area contributed by atoms with Crippen LogP contribution in [0.1, 0.15) is 45.0 Å². The van der Waals surface area contributed by atoms with Crippen LogP contribution >= 0.6 is 11.3 Å². The van der Waals surface area contributed by atoms with Gasteiger partial charge in [-0.1, -0.05) is 36.1 Å². The number of hydrogen-bond acceptors (Lipinski definition) is 8. The molecule has 1 saturated heterocycles. The van der Waals surface area contributed by atoms with Crippen molar-refractivity contribution in [3.63, 3.8) is 0 Å². The molecule has 2 aliphatic rings. The summed E-state index contributed by atoms with van der Waals surface area (Å²) in [5.74, 6) is -2.68. The zero-order chi connectivity index (χ0) is 27.1. The van der Waals surface area contributed by atoms with Gasteiger partial charge in [0, 0.05) is 12.0 Å². The first-order valence-electron chi connectivity index (χ1n) is 11.8. The first kappa shape index (κ1) is 25.3. The molecule has 1 aromatic heterocycles. The van der Waals surface area contributed by atoms with E-state index in [1.54, 1.807) is 25.1 Å². The average Bonchev–Trinajstić information content (AvgIpc) is 3.54. The summed E-state index contributed by atoms with van der Waals surface area (Å²) >= 11 is 0.887. The third-order valence-electron chi connectivity index (χ3n) is 6.31. The number of nitrogens with zero attached hydrogens (tertiary/aromatic N) is 2. The van der Waals surface area contributed by atoms with Crippen LogP contribution in [-0.2, 0) is 20.7 Å². The minimum atomic E-state index is -1.11. The summed E-state index contributed by atoms with van der Waals surface area (Å²) in [7, 11) is 0. The Morgan fingerprint density at radius 3 is 2.74 bits per heavy atom. The smallest absolute Gasteiger partial charge is 0.350 e. The summed E-state index contributed by atoms with van der Waals surface area (Å²) in [5, 5.41) is 11.4. The van der Waals surface area contributed by atoms with Gasteiger partial charge < -0.3 is 14.6 Å². The highest BCUT2D eigenvalue weighted by atomic mass is 32.1. The normalized spacial score (nSPS) is 19.8. The highest BCUT2D eigenvalue weighted by molar-refractivity contribution is 7.17. The number of esters is 1. The number of carbonyl (C=O) groups excluding carboxylic acids is 3. The van der Waals surface area contributed by atoms with Crippen molar-refractivity contribution >= 4 is 39.9 Å². The quantitative estimate of drug-likeness (QED) is 0.158. The van der Waals surface area contributed by atoms with Gasteiger partial charge in [0.15, 0.2) is 5.13 Å². The first-order valence-corrected chi connectivity index (χ1v) is 12.6. The third-order valence-corrected chi connectivity index (χ3v) is 7.45. The number of ketones is 1. The number of aliphatic hydroxyl groups excluding tert-OH is 1. The summed E-state index contributed by atoms with van der Waals surface area (Å²) in [5.41, 5.74) is 1.74. The minimum absolute atomic E-state index is 0.00377. The Labute approximate surface area is 221 Å². The summed E-state index contributed by atoms with van der Waals surface area (Å²) in [4.78, 5) is 44.9. The lowest BCUT2D eigenvalue weighted by molar-refractivity contribution is -0.132. The second-order valence-corrected chi connectivity index (χ2v) is 9.95. The van der Waals surface area contributed by atoms with Gasteiger partial charge in [-0.3, -0.25) is 14.5 Å². The van der Waals surface area contributed by atoms with E-state index in [1.165, 1.54) is 30.3 Å². The van der Waals surface area contributed by atoms with Crippen LogP contribution < -0.4 is 9.64 Å². The van der Waals surface area contributed by atoms with Crippen molar-refractivity contribution in [3.8, 4) is 5.75 Å². The number of Topliss-reactive ketones (excluding diaryl/α,β-unsaturated/α-hetero) is 1. The monoisotopic (exact) mass is 534 g/mol. The molecule has 0 spiro atoms. The maximum atomic E-state index is 13.8. The number of ether oxygens (including phenoxy) is 2. The predicted molar refractivity (Wildman–Crippen MR) is 139 cm³/mol. The Morgan fingerprint density at radius 2 is 2.03 bits per heavy atom. The fourth-order valence-electron chi connectivity index (χ4n) is 4.59. The maximum Gasteiger partial charge on any atom is 0.350 e. The van der Waals surface area contributed by atoms with E-state index in [0.717, 1.165) is 21.8 Å². The van der Waals surface area contributed by atoms with Gasteiger partial charge >= 0.3 is 11.9 Å². The van der Waals surface area contributed by atoms with E-state index in [0.29, 0.717) is 29.0 Å². The molecule has 0 radical (unpaired) electrons. The number of aliphatic hydroxyl groups is 1. The second-order valence-electron chi connectivity index (χ2n) is 8.97. The van der Waals surface area contributed by atoms with Gasteiger partial charge in [-0.2, -0.15) is 0 Å². The third kappa shape index (κ3) is 4.37. The average molecular weight is 535 g/mol. The molecule has 1 fully saturated rings. The molecule has 3 aromatic rings. The number of halogens is 1. The Kier molecular flexibility index (Phi) is 6.58. The number of rotatable bonds is 6. The largest absolute Gasteiger partial charge is 0.507 e. The SMILES string of the molecule is C=CCOC(=O)c1sc(N2C(=O)C(=O)C(=C(O)c3ccc4c(c3)C[C@H](C)O4)[C@H]2c2ccc(F)cc2)nc1C. The van der Waals surface area contributed by atoms with Crippen molar-refractivity contribution in [1.29, 1.82) is 0 Å². The van der Waals surface area contributed by atoms with Crippen LogP contribution in [0.5, 0.6) is 5.75 Å². The maximum absolute atomic E-state index is 13.8. The van der Waals surface area contributed by atoms with Crippen LogP contribution in [0.3, 0.4) is 0 Å². The van der Waals surface area contributed by atoms with Crippen molar-refractivity contribution in [3.05, 3.63) is 93.8 Å². The molecule has 5 rings (SSSR count). The van der Waals surface area contributed by atoms with Crippen molar-refractivity contribution in [1.82, 2.24) is 4.98 Å². The van der Waals surface area contributed by atoms with Gasteiger partial charge in [0.05, 0.1) is 17.3 Å². The molecule has 0 saturated carbocycles. The lowest BCUT2D eigenvalue weighted by Gasteiger charge is -2.23. The molecule has 1 amide bonds. The van der Waals surface area contributed by atoms with Crippen molar-refractivity contribution in [2.24, 2.45) is 0 Å². The summed E-state index contributed by atoms with van der Waals surface area (Å²) in [6, 6.07) is 9.22. The van der Waals surface area contributed by atoms with Gasteiger partial charge in [-0.15, -0.1) is 0 Å². The summed E-state index contributed by atoms with van der Waals surface area (Å²) in [6.45, 7) is 7.02. The number of anilines is 1. The molecule has 0 bridgehead atoms. The fourth-order valence-corrected chi connectivity index (χ4v) is 5.58. The summed E-state index contributed by atoms with van der Waals surface area (Å²) in [6.07, 6.45) is 2.04. The molecule has 2 aliphatic heterocycles. The van der Waals surface area contributed by atoms with Crippen molar-refractivity contribution in [2.45, 2.75) is 32.4 Å². The van der Waals surface area contributed by atoms with Crippen LogP contribution in [0, 0.1) is 12.7 Å². The van der Waals surface area contributed by atoms with Crippen LogP contribution in [0.4, 0.5) is 9.52 Å². The van der Waals surface area contributed by atoms with Crippen LogP contribution in [0.2, 0.25) is 0 Å². The molecule has 194 valence electrons. The lowest BCUT2D eigenvalue weighted by Crippen LogP contribution is -2.29. The number of hydrogen-bond donors (Lipinski definition) is 1. The molecule has 2 atom stereocenters. The molecule has 3 heterocycles. The molecule has 1 N–H and O–H groups in total. The molecular weight excluding hydrogens is 511 g/mol. The van der Waals surface area contributed by atoms with E-state index >= 15 is 0 Å². The number of fused-ring (bicyclic) bond motifs is 1. The van der Waals surface area contributed by atoms with Crippen molar-refractivity contribution < 1.29 is 33.4 Å². The number of benzene rings is 2. The van der Waals surface area contributed by atoms with E-state index in [9.17, 15) is 23.9 Å². The number of aryl methyl sites for hydroxylation is 1. The van der Waals surface area contributed by atoms with Gasteiger partial charge in [-0.25, -0.2) is 14.2 Å². The predicted octanol–water partition coefficient (Wildman–Crippen LogP) is 4.88. The molecule has 8 nitrogen and oxygen atoms in total. The standard InChI is InChI=1S/C28H23FN2O6S/c1-4-11-36-27(35)25-15(3)30-28(38-25)31-22(16-5-8-19(29)9-6-16)21(24(33)26(31)34)23(32)17-7-10-20-18(13-17)12-14(2)37-20/h4-10,13-14,22,32H,1,11-12H2,2-3H3/t14-,22+/m0/s1. The number of thiazole rings is 1. The van der Waals surface area contributed by atoms with E-state index in [2.05, 4.69) is 11.6 Å². The fraction of sp³-hybridized carbons (Fsp3) is 0.214. The van der Waals surface area contributed by atoms with E-state index in [4.69, 9.17) is 9.47 Å². The zero-order valence-corrected chi connectivity index (χ0v) is 21.4. The molecular formula is C28H23FN2O6S. The molecule has 0 unspecified atom stereocenters. The van der Waals surface area contributed by atoms with Crippen LogP contribution in [0.15, 0.2) is 60.7 Å². The van der Waals surface area contributed by atoms with E-state index in [-0.39, 0.29) is 34.1 Å². The van der Waals surface area contributed by atoms with Crippen LogP contribution in [-0.4, -0.2) is 40.5 Å². The van der Waals surface area contributed by atoms with Gasteiger partial charge in [-0.05, 0) is 55.3 Å². The summed E-state index contributed by atoms with van der Waals surface area (Å²) < 4.78 is 24.6. The minimum Gasteiger partial charge on any atom is -0.507 e. The number of amides is 1. The molecule has 0 aliphatic carbocycles. The second kappa shape index (κ2) is 9.86. The first-order chi connectivity index (χ1) is 18.2. The molecule has 2 aromatic carbocycles. The molecule has 38 heavy (non-hydrogen) atoms. The Morgan fingerprint density at radius 1 is 1.29 bits per heavy atom. The van der Waals surface area contributed by atoms with E-state index < -0.39 is 29.5 Å². The van der Waals surface area contributed by atoms with Gasteiger partial charge in [0.25, 0.3) is 5.78 Å². The Bertz CT molecular complexity index is 1510. The van der Waals surface area contributed by atoms with Crippen LogP contribution in [0.25, 0.3) is 5.76 Å². The number of aromatic nitrogens is 1.